The molecule has 0 heterocycles. The van der Waals surface area contributed by atoms with Crippen LogP contribution in [-0.2, 0) is 11.3 Å². The zero-order valence-corrected chi connectivity index (χ0v) is 18.4. The summed E-state index contributed by atoms with van der Waals surface area (Å²) in [4.78, 5) is 14.7. The number of aryl methyl sites for hydroxylation is 1. The third-order valence-corrected chi connectivity index (χ3v) is 4.91. The molecule has 0 aliphatic heterocycles. The predicted molar refractivity (Wildman–Crippen MR) is 116 cm³/mol. The smallest absolute Gasteiger partial charge is 0.238 e. The third kappa shape index (κ3) is 6.27. The van der Waals surface area contributed by atoms with E-state index in [0.29, 0.717) is 41.1 Å². The van der Waals surface area contributed by atoms with Crippen LogP contribution in [0.3, 0.4) is 0 Å². The standard InChI is InChI=1S/C22H29ClN2O4/c1-6-25(13-16-8-9-19(29-7-2)21(11-16)28-5)14-22(26)24-18-10-15(3)17(23)12-20(18)27-4/h8-12H,6-7,13-14H2,1-5H3,(H,24,26). The molecule has 0 bridgehead atoms. The summed E-state index contributed by atoms with van der Waals surface area (Å²) in [6.07, 6.45) is 0. The Balaban J connectivity index is 2.06. The Bertz CT molecular complexity index is 842. The molecule has 2 aromatic carbocycles. The van der Waals surface area contributed by atoms with Crippen molar-refractivity contribution in [3.05, 3.63) is 46.5 Å². The number of nitrogens with zero attached hydrogens (tertiary/aromatic N) is 1. The molecular formula is C22H29ClN2O4. The van der Waals surface area contributed by atoms with Crippen molar-refractivity contribution in [2.45, 2.75) is 27.3 Å². The SMILES string of the molecule is CCOc1ccc(CN(CC)CC(=O)Nc2cc(C)c(Cl)cc2OC)cc1OC. The first-order valence-corrected chi connectivity index (χ1v) is 9.95. The summed E-state index contributed by atoms with van der Waals surface area (Å²) in [6, 6.07) is 9.34. The fraction of sp³-hybridized carbons (Fsp3) is 0.409. The van der Waals surface area contributed by atoms with Gasteiger partial charge in [-0.2, -0.15) is 0 Å². The van der Waals surface area contributed by atoms with Crippen LogP contribution >= 0.6 is 11.6 Å². The molecule has 0 saturated carbocycles. The second kappa shape index (κ2) is 10.9. The highest BCUT2D eigenvalue weighted by Crippen LogP contribution is 2.31. The van der Waals surface area contributed by atoms with Gasteiger partial charge in [0, 0.05) is 17.6 Å². The van der Waals surface area contributed by atoms with Gasteiger partial charge >= 0.3 is 0 Å². The molecule has 158 valence electrons. The van der Waals surface area contributed by atoms with E-state index in [1.807, 2.05) is 49.9 Å². The summed E-state index contributed by atoms with van der Waals surface area (Å²) in [6.45, 7) is 7.99. The molecule has 0 radical (unpaired) electrons. The molecule has 0 aliphatic rings. The van der Waals surface area contributed by atoms with E-state index in [0.717, 1.165) is 17.7 Å². The topological polar surface area (TPSA) is 60.0 Å². The van der Waals surface area contributed by atoms with Crippen molar-refractivity contribution in [2.24, 2.45) is 0 Å². The summed E-state index contributed by atoms with van der Waals surface area (Å²) in [5.74, 6) is 1.81. The Kier molecular flexibility index (Phi) is 8.61. The first-order valence-electron chi connectivity index (χ1n) is 9.57. The second-order valence-corrected chi connectivity index (χ2v) is 6.98. The number of carbonyl (C=O) groups excluding carboxylic acids is 1. The number of carbonyl (C=O) groups is 1. The molecule has 2 aromatic rings. The van der Waals surface area contributed by atoms with Gasteiger partial charge in [0.1, 0.15) is 5.75 Å². The number of halogens is 1. The highest BCUT2D eigenvalue weighted by molar-refractivity contribution is 6.31. The van der Waals surface area contributed by atoms with E-state index in [1.54, 1.807) is 20.3 Å². The van der Waals surface area contributed by atoms with Crippen LogP contribution in [0.15, 0.2) is 30.3 Å². The lowest BCUT2D eigenvalue weighted by Crippen LogP contribution is -2.32. The molecule has 2 rings (SSSR count). The summed E-state index contributed by atoms with van der Waals surface area (Å²) < 4.78 is 16.3. The van der Waals surface area contributed by atoms with Crippen LogP contribution in [0.1, 0.15) is 25.0 Å². The number of anilines is 1. The van der Waals surface area contributed by atoms with Gasteiger partial charge in [0.05, 0.1) is 33.1 Å². The number of benzene rings is 2. The lowest BCUT2D eigenvalue weighted by atomic mass is 10.2. The molecule has 0 fully saturated rings. The molecule has 0 unspecified atom stereocenters. The van der Waals surface area contributed by atoms with Crippen molar-refractivity contribution in [1.82, 2.24) is 4.90 Å². The Morgan fingerprint density at radius 2 is 1.79 bits per heavy atom. The Hall–Kier alpha value is -2.44. The molecular weight excluding hydrogens is 392 g/mol. The molecule has 0 saturated heterocycles. The Labute approximate surface area is 177 Å². The average molecular weight is 421 g/mol. The van der Waals surface area contributed by atoms with Crippen LogP contribution in [-0.4, -0.2) is 44.7 Å². The number of ether oxygens (including phenoxy) is 3. The fourth-order valence-corrected chi connectivity index (χ4v) is 3.10. The molecule has 1 amide bonds. The molecule has 0 aromatic heterocycles. The molecule has 0 aliphatic carbocycles. The first kappa shape index (κ1) is 22.8. The van der Waals surface area contributed by atoms with Crippen LogP contribution in [0.4, 0.5) is 5.69 Å². The van der Waals surface area contributed by atoms with Gasteiger partial charge in [-0.3, -0.25) is 9.69 Å². The molecule has 1 N–H and O–H groups in total. The van der Waals surface area contributed by atoms with Gasteiger partial charge in [0.2, 0.25) is 5.91 Å². The highest BCUT2D eigenvalue weighted by Gasteiger charge is 2.15. The minimum Gasteiger partial charge on any atom is -0.495 e. The van der Waals surface area contributed by atoms with Crippen LogP contribution in [0, 0.1) is 6.92 Å². The quantitative estimate of drug-likeness (QED) is 0.612. The number of likely N-dealkylation sites (N-methyl/N-ethyl adjacent to an activating group) is 1. The summed E-state index contributed by atoms with van der Waals surface area (Å²) in [5, 5.41) is 3.52. The van der Waals surface area contributed by atoms with Crippen molar-refractivity contribution in [3.8, 4) is 17.2 Å². The number of amides is 1. The maximum absolute atomic E-state index is 12.6. The zero-order chi connectivity index (χ0) is 21.4. The van der Waals surface area contributed by atoms with Gasteiger partial charge < -0.3 is 19.5 Å². The van der Waals surface area contributed by atoms with Crippen molar-refractivity contribution < 1.29 is 19.0 Å². The zero-order valence-electron chi connectivity index (χ0n) is 17.7. The van der Waals surface area contributed by atoms with Gasteiger partial charge in [-0.15, -0.1) is 0 Å². The fourth-order valence-electron chi connectivity index (χ4n) is 2.95. The highest BCUT2D eigenvalue weighted by atomic mass is 35.5. The van der Waals surface area contributed by atoms with Crippen molar-refractivity contribution in [3.63, 3.8) is 0 Å². The molecule has 7 heteroatoms. The van der Waals surface area contributed by atoms with Crippen LogP contribution in [0.2, 0.25) is 5.02 Å². The normalized spacial score (nSPS) is 10.7. The molecule has 0 atom stereocenters. The van der Waals surface area contributed by atoms with E-state index in [2.05, 4.69) is 5.32 Å². The average Bonchev–Trinajstić information content (AvgIpc) is 2.71. The maximum Gasteiger partial charge on any atom is 0.238 e. The number of hydrogen-bond acceptors (Lipinski definition) is 5. The monoisotopic (exact) mass is 420 g/mol. The summed E-state index contributed by atoms with van der Waals surface area (Å²) in [7, 11) is 3.17. The first-order chi connectivity index (χ1) is 13.9. The maximum atomic E-state index is 12.6. The second-order valence-electron chi connectivity index (χ2n) is 6.57. The third-order valence-electron chi connectivity index (χ3n) is 4.50. The lowest BCUT2D eigenvalue weighted by molar-refractivity contribution is -0.117. The van der Waals surface area contributed by atoms with E-state index < -0.39 is 0 Å². The number of rotatable bonds is 10. The molecule has 6 nitrogen and oxygen atoms in total. The van der Waals surface area contributed by atoms with Gasteiger partial charge in [0.25, 0.3) is 0 Å². The Morgan fingerprint density at radius 3 is 2.41 bits per heavy atom. The number of nitrogens with one attached hydrogen (secondary N) is 1. The van der Waals surface area contributed by atoms with Crippen molar-refractivity contribution >= 4 is 23.2 Å². The van der Waals surface area contributed by atoms with Gasteiger partial charge in [-0.1, -0.05) is 24.6 Å². The summed E-state index contributed by atoms with van der Waals surface area (Å²) >= 11 is 6.13. The van der Waals surface area contributed by atoms with Crippen molar-refractivity contribution in [2.75, 3.05) is 39.2 Å². The molecule has 29 heavy (non-hydrogen) atoms. The predicted octanol–water partition coefficient (Wildman–Crippen LogP) is 4.52. The van der Waals surface area contributed by atoms with E-state index in [4.69, 9.17) is 25.8 Å². The van der Waals surface area contributed by atoms with E-state index in [1.165, 1.54) is 0 Å². The van der Waals surface area contributed by atoms with E-state index >= 15 is 0 Å². The van der Waals surface area contributed by atoms with Crippen LogP contribution < -0.4 is 19.5 Å². The van der Waals surface area contributed by atoms with Crippen LogP contribution in [0.5, 0.6) is 17.2 Å². The van der Waals surface area contributed by atoms with Crippen LogP contribution in [0.25, 0.3) is 0 Å². The van der Waals surface area contributed by atoms with Gasteiger partial charge in [0.15, 0.2) is 11.5 Å². The summed E-state index contributed by atoms with van der Waals surface area (Å²) in [5.41, 5.74) is 2.52. The van der Waals surface area contributed by atoms with Gasteiger partial charge in [-0.05, 0) is 49.7 Å². The van der Waals surface area contributed by atoms with E-state index in [9.17, 15) is 4.79 Å². The van der Waals surface area contributed by atoms with Gasteiger partial charge in [-0.25, -0.2) is 0 Å². The lowest BCUT2D eigenvalue weighted by Gasteiger charge is -2.21. The van der Waals surface area contributed by atoms with E-state index in [-0.39, 0.29) is 12.5 Å². The minimum absolute atomic E-state index is 0.121. The number of hydrogen-bond donors (Lipinski definition) is 1. The largest absolute Gasteiger partial charge is 0.495 e. The minimum atomic E-state index is -0.121. The van der Waals surface area contributed by atoms with Crippen molar-refractivity contribution in [1.29, 1.82) is 0 Å². The number of methoxy groups -OCH3 is 2. The molecule has 0 spiro atoms. The Morgan fingerprint density at radius 1 is 1.07 bits per heavy atom.